The molecular formula is C27H40N4O. The summed E-state index contributed by atoms with van der Waals surface area (Å²) in [5, 5.41) is 3.25. The summed E-state index contributed by atoms with van der Waals surface area (Å²) in [5.74, 6) is 0.997. The van der Waals surface area contributed by atoms with Crippen LogP contribution >= 0.6 is 0 Å². The molecule has 0 radical (unpaired) electrons. The molecule has 1 aromatic carbocycles. The molecule has 1 aliphatic carbocycles. The van der Waals surface area contributed by atoms with Gasteiger partial charge in [-0.15, -0.1) is 0 Å². The second-order valence-electron chi connectivity index (χ2n) is 10.5. The first-order valence-electron chi connectivity index (χ1n) is 13.2. The van der Waals surface area contributed by atoms with E-state index < -0.39 is 0 Å². The molecule has 0 unspecified atom stereocenters. The largest absolute Gasteiger partial charge is 0.323 e. The maximum absolute atomic E-state index is 13.1. The lowest BCUT2D eigenvalue weighted by molar-refractivity contribution is 0.0983. The summed E-state index contributed by atoms with van der Waals surface area (Å²) in [6.45, 7) is 3.92. The number of rotatable bonds is 1. The monoisotopic (exact) mass is 436 g/mol. The summed E-state index contributed by atoms with van der Waals surface area (Å²) >= 11 is 0. The van der Waals surface area contributed by atoms with Crippen LogP contribution in [0.4, 0.5) is 4.79 Å². The minimum atomic E-state index is -0.206. The predicted octanol–water partition coefficient (Wildman–Crippen LogP) is 5.28. The summed E-state index contributed by atoms with van der Waals surface area (Å²) in [4.78, 5) is 23.1. The quantitative estimate of drug-likeness (QED) is 0.651. The number of nitrogens with one attached hydrogen (secondary N) is 1. The Morgan fingerprint density at radius 3 is 2.25 bits per heavy atom. The van der Waals surface area contributed by atoms with E-state index in [9.17, 15) is 4.79 Å². The number of nitrogens with zero attached hydrogens (tertiary/aromatic N) is 3. The number of amides is 2. The fraction of sp³-hybridized carbons (Fsp3) is 0.704. The second kappa shape index (κ2) is 9.94. The highest BCUT2D eigenvalue weighted by molar-refractivity contribution is 6.10. The van der Waals surface area contributed by atoms with E-state index in [1.807, 2.05) is 0 Å². The van der Waals surface area contributed by atoms with Gasteiger partial charge in [0.25, 0.3) is 0 Å². The summed E-state index contributed by atoms with van der Waals surface area (Å²) in [6, 6.07) is 9.79. The van der Waals surface area contributed by atoms with E-state index in [-0.39, 0.29) is 11.6 Å². The maximum Gasteiger partial charge on any atom is 0.323 e. The van der Waals surface area contributed by atoms with E-state index in [1.54, 1.807) is 0 Å². The Morgan fingerprint density at radius 1 is 0.812 bits per heavy atom. The number of carbonyl (C=O) groups is 1. The van der Waals surface area contributed by atoms with Gasteiger partial charge in [0, 0.05) is 26.2 Å². The van der Waals surface area contributed by atoms with Crippen molar-refractivity contribution >= 4 is 11.9 Å². The van der Waals surface area contributed by atoms with Crippen molar-refractivity contribution < 1.29 is 4.79 Å². The number of carbonyl (C=O) groups excluding carboxylic acids is 1. The molecule has 2 amide bonds. The van der Waals surface area contributed by atoms with E-state index in [0.717, 1.165) is 51.3 Å². The number of benzene rings is 1. The molecule has 1 spiro atoms. The zero-order chi connectivity index (χ0) is 21.8. The van der Waals surface area contributed by atoms with Crippen molar-refractivity contribution in [2.75, 3.05) is 19.6 Å². The molecule has 0 atom stereocenters. The number of hydrogen-bond donors (Lipinski definition) is 1. The van der Waals surface area contributed by atoms with Gasteiger partial charge in [-0.25, -0.2) is 4.79 Å². The number of piperidine rings is 1. The van der Waals surface area contributed by atoms with Crippen LogP contribution in [-0.2, 0) is 13.0 Å². The topological polar surface area (TPSA) is 47.9 Å². The predicted molar refractivity (Wildman–Crippen MR) is 130 cm³/mol. The number of fused-ring (bicyclic) bond motifs is 2. The molecular weight excluding hydrogens is 396 g/mol. The first-order chi connectivity index (χ1) is 15.7. The van der Waals surface area contributed by atoms with Gasteiger partial charge in [0.15, 0.2) is 0 Å². The summed E-state index contributed by atoms with van der Waals surface area (Å²) in [6.07, 6.45) is 15.5. The van der Waals surface area contributed by atoms with Gasteiger partial charge in [-0.1, -0.05) is 62.8 Å². The van der Waals surface area contributed by atoms with Gasteiger partial charge in [0.1, 0.15) is 11.4 Å². The Labute approximate surface area is 193 Å². The lowest BCUT2D eigenvalue weighted by atomic mass is 9.84. The Kier molecular flexibility index (Phi) is 6.82. The van der Waals surface area contributed by atoms with E-state index in [0.29, 0.717) is 6.04 Å². The normalized spacial score (nSPS) is 31.5. The average molecular weight is 437 g/mol. The average Bonchev–Trinajstić information content (AvgIpc) is 3.06. The van der Waals surface area contributed by atoms with Gasteiger partial charge in [-0.2, -0.15) is 0 Å². The molecule has 174 valence electrons. The van der Waals surface area contributed by atoms with E-state index in [1.165, 1.54) is 75.3 Å². The smallest absolute Gasteiger partial charge is 0.312 e. The van der Waals surface area contributed by atoms with Crippen molar-refractivity contribution in [1.29, 1.82) is 0 Å². The van der Waals surface area contributed by atoms with Crippen molar-refractivity contribution in [3.63, 3.8) is 0 Å². The molecule has 5 heterocycles. The molecule has 6 aliphatic rings. The Balaban J connectivity index is 1.38. The number of hydrogen-bond acceptors (Lipinski definition) is 3. The van der Waals surface area contributed by atoms with Crippen LogP contribution in [0.3, 0.4) is 0 Å². The lowest BCUT2D eigenvalue weighted by Crippen LogP contribution is -2.56. The van der Waals surface area contributed by atoms with E-state index in [4.69, 9.17) is 4.99 Å². The van der Waals surface area contributed by atoms with Crippen LogP contribution < -0.4 is 5.32 Å². The molecule has 1 N–H and O–H groups in total. The van der Waals surface area contributed by atoms with Gasteiger partial charge in [-0.3, -0.25) is 15.2 Å². The highest BCUT2D eigenvalue weighted by Crippen LogP contribution is 2.36. The van der Waals surface area contributed by atoms with Gasteiger partial charge in [0.2, 0.25) is 0 Å². The number of amidine groups is 1. The highest BCUT2D eigenvalue weighted by Gasteiger charge is 2.52. The van der Waals surface area contributed by atoms with Crippen molar-refractivity contribution in [3.8, 4) is 0 Å². The first-order valence-corrected chi connectivity index (χ1v) is 13.2. The minimum Gasteiger partial charge on any atom is -0.312 e. The van der Waals surface area contributed by atoms with Crippen LogP contribution in [0.25, 0.3) is 0 Å². The molecule has 2 saturated heterocycles. The van der Waals surface area contributed by atoms with Crippen molar-refractivity contribution in [2.24, 2.45) is 4.99 Å². The van der Waals surface area contributed by atoms with E-state index >= 15 is 0 Å². The van der Waals surface area contributed by atoms with Gasteiger partial charge in [0.05, 0.1) is 6.04 Å². The van der Waals surface area contributed by atoms with Gasteiger partial charge in [-0.05, 0) is 56.1 Å². The Morgan fingerprint density at radius 2 is 1.47 bits per heavy atom. The van der Waals surface area contributed by atoms with Crippen molar-refractivity contribution in [1.82, 2.24) is 15.1 Å². The van der Waals surface area contributed by atoms with Crippen LogP contribution in [0.2, 0.25) is 0 Å². The summed E-state index contributed by atoms with van der Waals surface area (Å²) < 4.78 is 0. The fourth-order valence-corrected chi connectivity index (χ4v) is 6.25. The zero-order valence-electron chi connectivity index (χ0n) is 19.7. The molecule has 5 heteroatoms. The molecule has 0 aromatic heterocycles. The SMILES string of the molecule is O=C1NC(=NC2CCCCC2)C23CCN(CC2)Cc2ccc(cc2)CCCCCCCN13. The molecule has 7 rings (SSSR count). The van der Waals surface area contributed by atoms with Crippen LogP contribution in [0.5, 0.6) is 0 Å². The third kappa shape index (κ3) is 4.73. The summed E-state index contributed by atoms with van der Waals surface area (Å²) in [7, 11) is 0. The summed E-state index contributed by atoms with van der Waals surface area (Å²) in [5.41, 5.74) is 2.67. The highest BCUT2D eigenvalue weighted by atomic mass is 16.2. The molecule has 1 saturated carbocycles. The minimum absolute atomic E-state index is 0.0983. The number of urea groups is 1. The lowest BCUT2D eigenvalue weighted by Gasteiger charge is -2.44. The van der Waals surface area contributed by atoms with Crippen molar-refractivity contribution in [3.05, 3.63) is 35.4 Å². The van der Waals surface area contributed by atoms with Gasteiger partial charge < -0.3 is 4.90 Å². The van der Waals surface area contributed by atoms with Crippen LogP contribution in [0.1, 0.15) is 88.2 Å². The second-order valence-corrected chi connectivity index (χ2v) is 10.5. The molecule has 5 aliphatic heterocycles. The first kappa shape index (κ1) is 21.9. The number of aryl methyl sites for hydroxylation is 1. The van der Waals surface area contributed by atoms with Crippen molar-refractivity contribution in [2.45, 2.75) is 102 Å². The van der Waals surface area contributed by atoms with Crippen LogP contribution in [0, 0.1) is 0 Å². The molecule has 3 fully saturated rings. The molecule has 32 heavy (non-hydrogen) atoms. The van der Waals surface area contributed by atoms with Gasteiger partial charge >= 0.3 is 6.03 Å². The zero-order valence-corrected chi connectivity index (χ0v) is 19.7. The molecule has 5 nitrogen and oxygen atoms in total. The Hall–Kier alpha value is -1.88. The number of aliphatic imine (C=N–C) groups is 1. The molecule has 4 bridgehead atoms. The fourth-order valence-electron chi connectivity index (χ4n) is 6.25. The molecule has 1 aromatic rings. The third-order valence-corrected chi connectivity index (χ3v) is 8.27. The van der Waals surface area contributed by atoms with E-state index in [2.05, 4.69) is 39.4 Å². The third-order valence-electron chi connectivity index (χ3n) is 8.27. The van der Waals surface area contributed by atoms with Crippen LogP contribution in [-0.4, -0.2) is 52.9 Å². The van der Waals surface area contributed by atoms with Crippen LogP contribution in [0.15, 0.2) is 29.3 Å². The standard InChI is InChI=1S/C27H40N4O/c32-26-29-25(28-24-10-6-4-7-11-24)27-16-19-30(20-17-27)21-23-14-12-22(13-15-23)9-5-2-1-3-8-18-31(26)27/h12-15,24H,1-11,16-21H2,(H,28,29,32). The maximum atomic E-state index is 13.1. The Bertz CT molecular complexity index is 803.